The molecular weight excluding hydrogens is 190 g/mol. The largest absolute Gasteiger partial charge is 0.507 e. The van der Waals surface area contributed by atoms with E-state index < -0.39 is 0 Å². The summed E-state index contributed by atoms with van der Waals surface area (Å²) in [5.41, 5.74) is 0.760. The first-order valence-corrected chi connectivity index (χ1v) is 5.25. The molecule has 1 fully saturated rings. The molecule has 80 valence electrons. The van der Waals surface area contributed by atoms with Gasteiger partial charge in [-0.15, -0.1) is 0 Å². The van der Waals surface area contributed by atoms with Crippen LogP contribution in [0, 0.1) is 0 Å². The number of aromatic hydroxyl groups is 1. The fraction of sp³-hybridized carbons (Fsp3) is 0.417. The van der Waals surface area contributed by atoms with Crippen LogP contribution in [0.4, 0.5) is 0 Å². The van der Waals surface area contributed by atoms with Crippen LogP contribution in [0.2, 0.25) is 0 Å². The van der Waals surface area contributed by atoms with Gasteiger partial charge < -0.3 is 9.84 Å². The number of benzene rings is 1. The smallest absolute Gasteiger partial charge is 0.124 e. The van der Waals surface area contributed by atoms with Crippen LogP contribution in [0.1, 0.15) is 18.4 Å². The van der Waals surface area contributed by atoms with E-state index >= 15 is 0 Å². The minimum absolute atomic E-state index is 0.270. The highest BCUT2D eigenvalue weighted by molar-refractivity contribution is 5.83. The molecule has 1 N–H and O–H groups in total. The van der Waals surface area contributed by atoms with E-state index in [-0.39, 0.29) is 11.9 Å². The van der Waals surface area contributed by atoms with Crippen molar-refractivity contribution in [1.82, 2.24) is 0 Å². The summed E-state index contributed by atoms with van der Waals surface area (Å²) >= 11 is 0. The quantitative estimate of drug-likeness (QED) is 0.767. The van der Waals surface area contributed by atoms with E-state index in [1.54, 1.807) is 18.3 Å². The van der Waals surface area contributed by atoms with Gasteiger partial charge in [0.2, 0.25) is 0 Å². The fourth-order valence-corrected chi connectivity index (χ4v) is 1.65. The lowest BCUT2D eigenvalue weighted by Crippen LogP contribution is -2.08. The van der Waals surface area contributed by atoms with Crippen LogP contribution in [0.3, 0.4) is 0 Å². The molecule has 1 aromatic rings. The third kappa shape index (κ3) is 2.80. The molecule has 15 heavy (non-hydrogen) atoms. The average Bonchev–Trinajstić information content (AvgIpc) is 2.74. The van der Waals surface area contributed by atoms with Crippen molar-refractivity contribution in [3.05, 3.63) is 29.8 Å². The zero-order valence-corrected chi connectivity index (χ0v) is 8.60. The molecule has 3 nitrogen and oxygen atoms in total. The number of phenolic OH excluding ortho intramolecular Hbond substituents is 1. The number of phenols is 1. The number of hydrogen-bond acceptors (Lipinski definition) is 3. The van der Waals surface area contributed by atoms with E-state index in [2.05, 4.69) is 4.99 Å². The molecule has 0 spiro atoms. The fourth-order valence-electron chi connectivity index (χ4n) is 1.65. The number of ether oxygens (including phenoxy) is 1. The van der Waals surface area contributed by atoms with Crippen LogP contribution < -0.4 is 0 Å². The van der Waals surface area contributed by atoms with Crippen molar-refractivity contribution in [2.45, 2.75) is 18.9 Å². The predicted octanol–water partition coefficient (Wildman–Crippen LogP) is 1.99. The summed E-state index contributed by atoms with van der Waals surface area (Å²) in [7, 11) is 0. The van der Waals surface area contributed by atoms with Crippen molar-refractivity contribution < 1.29 is 9.84 Å². The summed E-state index contributed by atoms with van der Waals surface area (Å²) in [6.07, 6.45) is 4.21. The Bertz CT molecular complexity index is 343. The summed E-state index contributed by atoms with van der Waals surface area (Å²) in [4.78, 5) is 4.27. The lowest BCUT2D eigenvalue weighted by Gasteiger charge is -2.04. The van der Waals surface area contributed by atoms with Gasteiger partial charge in [0, 0.05) is 18.4 Å². The van der Waals surface area contributed by atoms with E-state index in [0.29, 0.717) is 6.54 Å². The van der Waals surface area contributed by atoms with Crippen LogP contribution in [0.5, 0.6) is 5.75 Å². The monoisotopic (exact) mass is 205 g/mol. The summed E-state index contributed by atoms with van der Waals surface area (Å²) < 4.78 is 5.44. The Kier molecular flexibility index (Phi) is 3.35. The molecule has 1 saturated heterocycles. The van der Waals surface area contributed by atoms with Crippen LogP contribution in [-0.2, 0) is 4.74 Å². The van der Waals surface area contributed by atoms with E-state index in [0.717, 1.165) is 25.0 Å². The Morgan fingerprint density at radius 2 is 2.33 bits per heavy atom. The topological polar surface area (TPSA) is 41.8 Å². The van der Waals surface area contributed by atoms with Crippen molar-refractivity contribution in [2.24, 2.45) is 4.99 Å². The highest BCUT2D eigenvalue weighted by Gasteiger charge is 2.13. The molecule has 1 aromatic carbocycles. The van der Waals surface area contributed by atoms with Gasteiger partial charge in [-0.2, -0.15) is 0 Å². The Hall–Kier alpha value is -1.35. The molecule has 0 saturated carbocycles. The van der Waals surface area contributed by atoms with Gasteiger partial charge in [-0.3, -0.25) is 4.99 Å². The second-order valence-electron chi connectivity index (χ2n) is 3.69. The third-order valence-corrected chi connectivity index (χ3v) is 2.50. The third-order valence-electron chi connectivity index (χ3n) is 2.50. The van der Waals surface area contributed by atoms with Gasteiger partial charge in [0.05, 0.1) is 12.6 Å². The van der Waals surface area contributed by atoms with Crippen molar-refractivity contribution >= 4 is 6.21 Å². The molecule has 1 aliphatic rings. The molecule has 0 bridgehead atoms. The van der Waals surface area contributed by atoms with Crippen LogP contribution >= 0.6 is 0 Å². The van der Waals surface area contributed by atoms with Crippen molar-refractivity contribution in [1.29, 1.82) is 0 Å². The molecule has 0 aromatic heterocycles. The Morgan fingerprint density at radius 3 is 3.07 bits per heavy atom. The van der Waals surface area contributed by atoms with Gasteiger partial charge in [0.15, 0.2) is 0 Å². The van der Waals surface area contributed by atoms with Gasteiger partial charge in [-0.05, 0) is 25.0 Å². The van der Waals surface area contributed by atoms with Crippen LogP contribution in [-0.4, -0.2) is 30.6 Å². The minimum Gasteiger partial charge on any atom is -0.507 e. The van der Waals surface area contributed by atoms with Crippen LogP contribution in [0.15, 0.2) is 29.3 Å². The second kappa shape index (κ2) is 4.94. The molecule has 1 atom stereocenters. The zero-order chi connectivity index (χ0) is 10.5. The molecule has 1 aliphatic heterocycles. The molecule has 2 rings (SSSR count). The number of aliphatic imine (C=N–C) groups is 1. The lowest BCUT2D eigenvalue weighted by atomic mass is 10.2. The first-order valence-electron chi connectivity index (χ1n) is 5.25. The van der Waals surface area contributed by atoms with Gasteiger partial charge in [0.1, 0.15) is 5.75 Å². The SMILES string of the molecule is Oc1ccccc1C=NCC1CCCO1. The van der Waals surface area contributed by atoms with Crippen molar-refractivity contribution in [2.75, 3.05) is 13.2 Å². The Morgan fingerprint density at radius 1 is 1.47 bits per heavy atom. The van der Waals surface area contributed by atoms with Crippen molar-refractivity contribution in [3.8, 4) is 5.75 Å². The Labute approximate surface area is 89.4 Å². The first kappa shape index (κ1) is 10.2. The Balaban J connectivity index is 1.90. The molecule has 1 unspecified atom stereocenters. The number of hydrogen-bond donors (Lipinski definition) is 1. The summed E-state index contributed by atoms with van der Waals surface area (Å²) in [5.74, 6) is 0.272. The van der Waals surface area contributed by atoms with Gasteiger partial charge in [-0.25, -0.2) is 0 Å². The number of rotatable bonds is 3. The van der Waals surface area contributed by atoms with E-state index in [1.165, 1.54) is 0 Å². The van der Waals surface area contributed by atoms with Crippen molar-refractivity contribution in [3.63, 3.8) is 0 Å². The van der Waals surface area contributed by atoms with E-state index in [1.807, 2.05) is 12.1 Å². The normalized spacial score (nSPS) is 21.2. The second-order valence-corrected chi connectivity index (χ2v) is 3.69. The van der Waals surface area contributed by atoms with Crippen LogP contribution in [0.25, 0.3) is 0 Å². The summed E-state index contributed by atoms with van der Waals surface area (Å²) in [6.45, 7) is 1.55. The zero-order valence-electron chi connectivity index (χ0n) is 8.60. The van der Waals surface area contributed by atoms with E-state index in [4.69, 9.17) is 4.74 Å². The standard InChI is InChI=1S/C12H15NO2/c14-12-6-2-1-4-10(12)8-13-9-11-5-3-7-15-11/h1-2,4,6,8,11,14H,3,5,7,9H2. The number of para-hydroxylation sites is 1. The first-order chi connectivity index (χ1) is 7.36. The predicted molar refractivity (Wildman–Crippen MR) is 59.5 cm³/mol. The maximum atomic E-state index is 9.48. The number of nitrogens with zero attached hydrogens (tertiary/aromatic N) is 1. The van der Waals surface area contributed by atoms with E-state index in [9.17, 15) is 5.11 Å². The van der Waals surface area contributed by atoms with Gasteiger partial charge in [-0.1, -0.05) is 12.1 Å². The molecule has 3 heteroatoms. The highest BCUT2D eigenvalue weighted by Crippen LogP contribution is 2.14. The molecule has 0 radical (unpaired) electrons. The average molecular weight is 205 g/mol. The molecular formula is C12H15NO2. The molecule has 0 aliphatic carbocycles. The lowest BCUT2D eigenvalue weighted by molar-refractivity contribution is 0.118. The molecule has 1 heterocycles. The van der Waals surface area contributed by atoms with Gasteiger partial charge in [0.25, 0.3) is 0 Å². The maximum absolute atomic E-state index is 9.48. The highest BCUT2D eigenvalue weighted by atomic mass is 16.5. The maximum Gasteiger partial charge on any atom is 0.124 e. The summed E-state index contributed by atoms with van der Waals surface area (Å²) in [5, 5.41) is 9.48. The minimum atomic E-state index is 0.270. The molecule has 0 amide bonds. The van der Waals surface area contributed by atoms with Gasteiger partial charge >= 0.3 is 0 Å². The summed E-state index contributed by atoms with van der Waals surface area (Å²) in [6, 6.07) is 7.18.